The Balaban J connectivity index is 1.46. The second-order valence-electron chi connectivity index (χ2n) is 9.15. The molecule has 2 aromatic heterocycles. The first kappa shape index (κ1) is 25.3. The van der Waals surface area contributed by atoms with Crippen LogP contribution in [0.5, 0.6) is 5.75 Å². The maximum absolute atomic E-state index is 12.6. The molecule has 5 rings (SSSR count). The van der Waals surface area contributed by atoms with Crippen molar-refractivity contribution in [1.29, 1.82) is 0 Å². The summed E-state index contributed by atoms with van der Waals surface area (Å²) in [7, 11) is 1.60. The Hall–Kier alpha value is -4.31. The van der Waals surface area contributed by atoms with E-state index in [1.54, 1.807) is 18.4 Å². The first-order valence-electron chi connectivity index (χ1n) is 12.1. The molecule has 2 N–H and O–H groups in total. The Bertz CT molecular complexity index is 1550. The molecule has 0 unspecified atom stereocenters. The van der Waals surface area contributed by atoms with E-state index < -0.39 is 12.0 Å². The van der Waals surface area contributed by atoms with E-state index in [1.165, 1.54) is 0 Å². The number of nitrogens with zero attached hydrogens (tertiary/aromatic N) is 4. The highest BCUT2D eigenvalue weighted by atomic mass is 32.1. The third kappa shape index (κ3) is 4.82. The summed E-state index contributed by atoms with van der Waals surface area (Å²) in [6.07, 6.45) is 0.0407. The van der Waals surface area contributed by atoms with Gasteiger partial charge in [0.05, 0.1) is 25.7 Å². The number of aryl methyl sites for hydroxylation is 2. The highest BCUT2D eigenvalue weighted by molar-refractivity contribution is 7.15. The van der Waals surface area contributed by atoms with Crippen molar-refractivity contribution in [1.82, 2.24) is 14.8 Å². The molecule has 0 saturated carbocycles. The molecular formula is C28H27N5O4S. The lowest BCUT2D eigenvalue weighted by atomic mass is 9.99. The maximum atomic E-state index is 12.6. The van der Waals surface area contributed by atoms with E-state index in [9.17, 15) is 14.7 Å². The fourth-order valence-electron chi connectivity index (χ4n) is 4.54. The minimum atomic E-state index is -0.960. The molecule has 194 valence electrons. The molecule has 1 amide bonds. The number of methoxy groups -OCH3 is 1. The predicted octanol–water partition coefficient (Wildman–Crippen LogP) is 4.81. The van der Waals surface area contributed by atoms with E-state index in [-0.39, 0.29) is 18.7 Å². The smallest absolute Gasteiger partial charge is 0.306 e. The molecule has 4 aromatic rings. The Labute approximate surface area is 223 Å². The van der Waals surface area contributed by atoms with Gasteiger partial charge in [-0.3, -0.25) is 19.1 Å². The number of hydrogen-bond donors (Lipinski definition) is 2. The number of aliphatic carboxylic acids is 1. The van der Waals surface area contributed by atoms with Crippen LogP contribution in [-0.2, 0) is 16.0 Å². The van der Waals surface area contributed by atoms with E-state index in [0.717, 1.165) is 37.9 Å². The average molecular weight is 530 g/mol. The Morgan fingerprint density at radius 2 is 1.76 bits per heavy atom. The first-order valence-corrected chi connectivity index (χ1v) is 12.9. The van der Waals surface area contributed by atoms with Gasteiger partial charge < -0.3 is 15.2 Å². The van der Waals surface area contributed by atoms with Crippen molar-refractivity contribution in [2.75, 3.05) is 12.4 Å². The van der Waals surface area contributed by atoms with Crippen LogP contribution < -0.4 is 10.1 Å². The Morgan fingerprint density at radius 3 is 2.42 bits per heavy atom. The quantitative estimate of drug-likeness (QED) is 0.355. The number of carboxylic acid groups (broad SMARTS) is 1. The van der Waals surface area contributed by atoms with Crippen LogP contribution in [0.15, 0.2) is 53.5 Å². The second kappa shape index (κ2) is 10.2. The summed E-state index contributed by atoms with van der Waals surface area (Å²) in [5, 5.41) is 22.0. The molecule has 0 saturated heterocycles. The number of thiophene rings is 1. The summed E-state index contributed by atoms with van der Waals surface area (Å²) >= 11 is 1.62. The fourth-order valence-corrected chi connectivity index (χ4v) is 5.75. The maximum Gasteiger partial charge on any atom is 0.306 e. The largest absolute Gasteiger partial charge is 0.497 e. The van der Waals surface area contributed by atoms with Crippen molar-refractivity contribution < 1.29 is 19.4 Å². The van der Waals surface area contributed by atoms with Crippen molar-refractivity contribution >= 4 is 34.6 Å². The van der Waals surface area contributed by atoms with Crippen LogP contribution in [0.1, 0.15) is 51.2 Å². The number of amides is 1. The van der Waals surface area contributed by atoms with Crippen LogP contribution in [0.4, 0.5) is 5.69 Å². The minimum absolute atomic E-state index is 0.128. The predicted molar refractivity (Wildman–Crippen MR) is 146 cm³/mol. The van der Waals surface area contributed by atoms with Gasteiger partial charge in [-0.1, -0.05) is 24.3 Å². The molecule has 0 fully saturated rings. The molecule has 9 nitrogen and oxygen atoms in total. The summed E-state index contributed by atoms with van der Waals surface area (Å²) in [6.45, 7) is 5.96. The molecule has 0 radical (unpaired) electrons. The van der Waals surface area contributed by atoms with Crippen LogP contribution in [0.2, 0.25) is 0 Å². The number of aliphatic imine (C=N–C) groups is 1. The summed E-state index contributed by atoms with van der Waals surface area (Å²) in [4.78, 5) is 30.4. The van der Waals surface area contributed by atoms with Crippen molar-refractivity contribution in [2.45, 2.75) is 39.7 Å². The SMILES string of the molecule is COc1ccc(CC(=O)Nc2ccc(C3=N[C@@H](CC(=O)O)c4nnc(C)n4-c4sc(C)c(C)c43)cc2)cc1. The van der Waals surface area contributed by atoms with Gasteiger partial charge >= 0.3 is 5.97 Å². The van der Waals surface area contributed by atoms with Gasteiger partial charge in [0.2, 0.25) is 5.91 Å². The average Bonchev–Trinajstić information content (AvgIpc) is 3.37. The van der Waals surface area contributed by atoms with Gasteiger partial charge in [0.25, 0.3) is 0 Å². The van der Waals surface area contributed by atoms with Crippen molar-refractivity contribution in [3.05, 3.63) is 87.3 Å². The van der Waals surface area contributed by atoms with Gasteiger partial charge in [-0.25, -0.2) is 0 Å². The first-order chi connectivity index (χ1) is 18.2. The lowest BCUT2D eigenvalue weighted by molar-refractivity contribution is -0.137. The summed E-state index contributed by atoms with van der Waals surface area (Å²) in [5.41, 5.74) is 5.10. The number of hydrogen-bond acceptors (Lipinski definition) is 7. The highest BCUT2D eigenvalue weighted by Gasteiger charge is 2.32. The van der Waals surface area contributed by atoms with Gasteiger partial charge in [-0.05, 0) is 56.2 Å². The van der Waals surface area contributed by atoms with Gasteiger partial charge in [0.1, 0.15) is 22.6 Å². The van der Waals surface area contributed by atoms with Crippen molar-refractivity contribution in [3.8, 4) is 10.8 Å². The lowest BCUT2D eigenvalue weighted by Gasteiger charge is -2.12. The number of rotatable bonds is 7. The van der Waals surface area contributed by atoms with E-state index >= 15 is 0 Å². The zero-order chi connectivity index (χ0) is 27.0. The summed E-state index contributed by atoms with van der Waals surface area (Å²) in [5.74, 6) is 0.856. The van der Waals surface area contributed by atoms with Crippen molar-refractivity contribution in [2.24, 2.45) is 4.99 Å². The Morgan fingerprint density at radius 1 is 1.05 bits per heavy atom. The number of aromatic nitrogens is 3. The monoisotopic (exact) mass is 529 g/mol. The van der Waals surface area contributed by atoms with E-state index in [0.29, 0.717) is 23.0 Å². The molecule has 0 spiro atoms. The van der Waals surface area contributed by atoms with E-state index in [2.05, 4.69) is 22.4 Å². The third-order valence-corrected chi connectivity index (χ3v) is 7.77. The van der Waals surface area contributed by atoms with Crippen molar-refractivity contribution in [3.63, 3.8) is 0 Å². The van der Waals surface area contributed by atoms with Gasteiger partial charge in [0, 0.05) is 21.7 Å². The molecule has 0 aliphatic carbocycles. The van der Waals surface area contributed by atoms with Gasteiger partial charge in [-0.2, -0.15) is 0 Å². The molecule has 2 aromatic carbocycles. The van der Waals surface area contributed by atoms with Crippen LogP contribution >= 0.6 is 11.3 Å². The van der Waals surface area contributed by atoms with Crippen LogP contribution in [-0.4, -0.2) is 44.6 Å². The number of benzene rings is 2. The molecule has 1 atom stereocenters. The number of ether oxygens (including phenoxy) is 1. The highest BCUT2D eigenvalue weighted by Crippen LogP contribution is 2.39. The summed E-state index contributed by atoms with van der Waals surface area (Å²) in [6, 6.07) is 14.2. The van der Waals surface area contributed by atoms with Gasteiger partial charge in [-0.15, -0.1) is 21.5 Å². The fraction of sp³-hybridized carbons (Fsp3) is 0.250. The molecule has 1 aliphatic heterocycles. The number of carbonyl (C=O) groups is 2. The topological polar surface area (TPSA) is 119 Å². The third-order valence-electron chi connectivity index (χ3n) is 6.57. The zero-order valence-electron chi connectivity index (χ0n) is 21.5. The number of anilines is 1. The van der Waals surface area contributed by atoms with E-state index in [1.807, 2.05) is 66.9 Å². The molecular weight excluding hydrogens is 502 g/mol. The number of carbonyl (C=O) groups excluding carboxylic acids is 1. The molecule has 38 heavy (non-hydrogen) atoms. The number of fused-ring (bicyclic) bond motifs is 3. The molecule has 1 aliphatic rings. The normalized spacial score (nSPS) is 14.2. The number of carboxylic acids is 1. The van der Waals surface area contributed by atoms with Crippen LogP contribution in [0.3, 0.4) is 0 Å². The molecule has 3 heterocycles. The summed E-state index contributed by atoms with van der Waals surface area (Å²) < 4.78 is 7.10. The molecule has 10 heteroatoms. The number of nitrogens with one attached hydrogen (secondary N) is 1. The van der Waals surface area contributed by atoms with Gasteiger partial charge in [0.15, 0.2) is 5.82 Å². The van der Waals surface area contributed by atoms with Crippen LogP contribution in [0, 0.1) is 20.8 Å². The second-order valence-corrected chi connectivity index (χ2v) is 10.3. The standard InChI is InChI=1S/C28H27N5O4S/c1-15-16(2)38-28-25(15)26(30-22(14-24(35)36)27-32-31-17(3)33(27)28)19-7-9-20(10-8-19)29-23(34)13-18-5-11-21(37-4)12-6-18/h5-12,22H,13-14H2,1-4H3,(H,29,34)(H,35,36)/t22-/m0/s1. The van der Waals surface area contributed by atoms with E-state index in [4.69, 9.17) is 9.73 Å². The minimum Gasteiger partial charge on any atom is -0.497 e. The zero-order valence-corrected chi connectivity index (χ0v) is 22.3. The van der Waals surface area contributed by atoms with Crippen LogP contribution in [0.25, 0.3) is 5.00 Å². The molecule has 0 bridgehead atoms. The Kier molecular flexibility index (Phi) is 6.81. The lowest BCUT2D eigenvalue weighted by Crippen LogP contribution is -2.14.